The van der Waals surface area contributed by atoms with Gasteiger partial charge in [-0.25, -0.2) is 0 Å². The number of fused-ring (bicyclic) bond motifs is 1. The van der Waals surface area contributed by atoms with Gasteiger partial charge >= 0.3 is 5.97 Å². The van der Waals surface area contributed by atoms with Gasteiger partial charge in [0.1, 0.15) is 44.0 Å². The van der Waals surface area contributed by atoms with Crippen LogP contribution in [-0.4, -0.2) is 30.3 Å². The lowest BCUT2D eigenvalue weighted by Gasteiger charge is -2.20. The molecule has 1 heterocycles. The fourth-order valence-corrected chi connectivity index (χ4v) is 5.25. The lowest BCUT2D eigenvalue weighted by atomic mass is 9.96. The van der Waals surface area contributed by atoms with Gasteiger partial charge in [0.25, 0.3) is 0 Å². The molecular formula is C35H33ClN2O6. The molecule has 8 nitrogen and oxygen atoms in total. The Morgan fingerprint density at radius 1 is 0.977 bits per heavy atom. The van der Waals surface area contributed by atoms with Gasteiger partial charge in [-0.3, -0.25) is 4.79 Å². The molecule has 0 radical (unpaired) electrons. The first-order valence-electron chi connectivity index (χ1n) is 14.4. The van der Waals surface area contributed by atoms with Gasteiger partial charge in [0, 0.05) is 18.2 Å². The molecule has 4 aromatic rings. The van der Waals surface area contributed by atoms with Crippen LogP contribution in [0.1, 0.15) is 41.2 Å². The highest BCUT2D eigenvalue weighted by Gasteiger charge is 2.18. The highest BCUT2D eigenvalue weighted by atomic mass is 35.5. The van der Waals surface area contributed by atoms with E-state index in [1.807, 2.05) is 36.4 Å². The van der Waals surface area contributed by atoms with E-state index < -0.39 is 12.0 Å². The summed E-state index contributed by atoms with van der Waals surface area (Å²) in [5, 5.41) is 22.2. The summed E-state index contributed by atoms with van der Waals surface area (Å²) in [6, 6.07) is 24.1. The molecule has 0 bridgehead atoms. The van der Waals surface area contributed by atoms with Gasteiger partial charge in [0.2, 0.25) is 0 Å². The predicted molar refractivity (Wildman–Crippen MR) is 167 cm³/mol. The van der Waals surface area contributed by atoms with Crippen LogP contribution in [0.4, 0.5) is 0 Å². The van der Waals surface area contributed by atoms with E-state index in [2.05, 4.69) is 24.4 Å². The van der Waals surface area contributed by atoms with Crippen LogP contribution < -0.4 is 24.3 Å². The molecule has 1 unspecified atom stereocenters. The van der Waals surface area contributed by atoms with Crippen LogP contribution in [0.25, 0.3) is 11.1 Å². The van der Waals surface area contributed by atoms with E-state index in [9.17, 15) is 15.2 Å². The normalized spacial score (nSPS) is 12.7. The summed E-state index contributed by atoms with van der Waals surface area (Å²) in [6.07, 6.45) is 0.423. The number of benzene rings is 4. The third-order valence-corrected chi connectivity index (χ3v) is 7.79. The number of aliphatic carboxylic acids is 1. The van der Waals surface area contributed by atoms with Crippen LogP contribution in [0, 0.1) is 18.3 Å². The van der Waals surface area contributed by atoms with E-state index in [-0.39, 0.29) is 19.8 Å². The van der Waals surface area contributed by atoms with Gasteiger partial charge < -0.3 is 29.4 Å². The number of carboxylic acids is 1. The minimum atomic E-state index is -0.928. The molecule has 9 heteroatoms. The van der Waals surface area contributed by atoms with Crippen molar-refractivity contribution in [1.29, 1.82) is 5.26 Å². The summed E-state index contributed by atoms with van der Waals surface area (Å²) in [4.78, 5) is 11.6. The van der Waals surface area contributed by atoms with Gasteiger partial charge in [0.05, 0.1) is 16.7 Å². The zero-order valence-corrected chi connectivity index (χ0v) is 25.3. The molecule has 226 valence electrons. The number of nitriles is 1. The number of carboxylic acid groups (broad SMARTS) is 1. The number of nitrogens with one attached hydrogen (secondary N) is 1. The highest BCUT2D eigenvalue weighted by Crippen LogP contribution is 2.37. The van der Waals surface area contributed by atoms with Crippen molar-refractivity contribution in [3.05, 3.63) is 106 Å². The fraction of sp³-hybridized carbons (Fsp3) is 0.257. The average Bonchev–Trinajstić information content (AvgIpc) is 3.04. The smallest absolute Gasteiger partial charge is 0.320 e. The number of nitrogens with zero attached hydrogens (tertiary/aromatic N) is 1. The number of hydrogen-bond donors (Lipinski definition) is 2. The largest absolute Gasteiger partial charge is 0.488 e. The van der Waals surface area contributed by atoms with E-state index in [0.29, 0.717) is 47.3 Å². The van der Waals surface area contributed by atoms with E-state index in [1.165, 1.54) is 0 Å². The van der Waals surface area contributed by atoms with E-state index in [4.69, 9.17) is 30.5 Å². The Hall–Kier alpha value is -4.71. The SMILES string of the molecule is CCC(NCc1cc(Cl)c(OCc2cccc(-c3ccc4c(c3)OCCO4)c2C)cc1OCc1cccc(C#N)c1)C(=O)O. The Bertz CT molecular complexity index is 1700. The second kappa shape index (κ2) is 14.2. The third-order valence-electron chi connectivity index (χ3n) is 7.49. The van der Waals surface area contributed by atoms with Crippen LogP contribution in [0.2, 0.25) is 5.02 Å². The molecule has 0 aromatic heterocycles. The zero-order valence-electron chi connectivity index (χ0n) is 24.6. The van der Waals surface area contributed by atoms with Crippen LogP contribution in [0.5, 0.6) is 23.0 Å². The van der Waals surface area contributed by atoms with Crippen molar-refractivity contribution in [1.82, 2.24) is 5.32 Å². The summed E-state index contributed by atoms with van der Waals surface area (Å²) in [7, 11) is 0. The number of ether oxygens (including phenoxy) is 4. The van der Waals surface area contributed by atoms with E-state index >= 15 is 0 Å². The maximum atomic E-state index is 11.6. The Balaban J connectivity index is 1.37. The maximum Gasteiger partial charge on any atom is 0.320 e. The molecule has 1 atom stereocenters. The predicted octanol–water partition coefficient (Wildman–Crippen LogP) is 7.07. The Morgan fingerprint density at radius 3 is 2.52 bits per heavy atom. The van der Waals surface area contributed by atoms with Gasteiger partial charge in [-0.15, -0.1) is 0 Å². The summed E-state index contributed by atoms with van der Waals surface area (Å²) in [5.74, 6) is 1.49. The van der Waals surface area contributed by atoms with Crippen molar-refractivity contribution in [2.75, 3.05) is 13.2 Å². The highest BCUT2D eigenvalue weighted by molar-refractivity contribution is 6.32. The Labute approximate surface area is 261 Å². The van der Waals surface area contributed by atoms with Crippen molar-refractivity contribution < 1.29 is 28.8 Å². The summed E-state index contributed by atoms with van der Waals surface area (Å²) < 4.78 is 23.9. The lowest BCUT2D eigenvalue weighted by Crippen LogP contribution is -2.35. The van der Waals surface area contributed by atoms with Gasteiger partial charge in [0.15, 0.2) is 11.5 Å². The molecule has 1 aliphatic rings. The molecule has 2 N–H and O–H groups in total. The number of carbonyl (C=O) groups is 1. The first-order chi connectivity index (χ1) is 21.4. The third kappa shape index (κ3) is 7.25. The minimum absolute atomic E-state index is 0.205. The first kappa shape index (κ1) is 30.7. The topological polar surface area (TPSA) is 110 Å². The molecule has 4 aromatic carbocycles. The molecule has 0 aliphatic carbocycles. The van der Waals surface area contributed by atoms with Crippen molar-refractivity contribution in [2.24, 2.45) is 0 Å². The van der Waals surface area contributed by atoms with Crippen molar-refractivity contribution >= 4 is 17.6 Å². The Kier molecular flexibility index (Phi) is 9.90. The molecular weight excluding hydrogens is 580 g/mol. The van der Waals surface area contributed by atoms with Crippen LogP contribution in [0.3, 0.4) is 0 Å². The second-order valence-electron chi connectivity index (χ2n) is 10.4. The minimum Gasteiger partial charge on any atom is -0.488 e. The Morgan fingerprint density at radius 2 is 1.75 bits per heavy atom. The zero-order chi connectivity index (χ0) is 31.1. The maximum absolute atomic E-state index is 11.6. The molecule has 0 fully saturated rings. The van der Waals surface area contributed by atoms with Gasteiger partial charge in [-0.05, 0) is 71.5 Å². The molecule has 0 saturated heterocycles. The molecule has 0 spiro atoms. The van der Waals surface area contributed by atoms with Gasteiger partial charge in [-0.2, -0.15) is 5.26 Å². The standard InChI is InChI=1S/C35H33ClN2O6/c1-3-30(35(39)40)38-19-27-15-29(36)33(17-32(27)43-20-24-7-4-6-23(14-24)18-37)44-21-26-8-5-9-28(22(26)2)25-10-11-31-34(16-25)42-13-12-41-31/h4-11,14-17,30,38H,3,12-13,19-21H2,1-2H3,(H,39,40). The van der Waals surface area contributed by atoms with E-state index in [1.54, 1.807) is 37.3 Å². The van der Waals surface area contributed by atoms with Crippen molar-refractivity contribution in [3.8, 4) is 40.2 Å². The van der Waals surface area contributed by atoms with E-state index in [0.717, 1.165) is 39.3 Å². The number of rotatable bonds is 12. The molecule has 5 rings (SSSR count). The molecule has 44 heavy (non-hydrogen) atoms. The van der Waals surface area contributed by atoms with Crippen molar-refractivity contribution in [2.45, 2.75) is 46.1 Å². The monoisotopic (exact) mass is 612 g/mol. The first-order valence-corrected chi connectivity index (χ1v) is 14.8. The molecule has 1 aliphatic heterocycles. The second-order valence-corrected chi connectivity index (χ2v) is 10.8. The van der Waals surface area contributed by atoms with Crippen LogP contribution in [-0.2, 0) is 24.6 Å². The lowest BCUT2D eigenvalue weighted by molar-refractivity contribution is -0.139. The molecule has 0 saturated carbocycles. The summed E-state index contributed by atoms with van der Waals surface area (Å²) in [6.45, 7) is 5.63. The van der Waals surface area contributed by atoms with Gasteiger partial charge in [-0.1, -0.05) is 54.9 Å². The number of halogens is 1. The van der Waals surface area contributed by atoms with Crippen LogP contribution in [0.15, 0.2) is 72.8 Å². The van der Waals surface area contributed by atoms with Crippen molar-refractivity contribution in [3.63, 3.8) is 0 Å². The number of hydrogen-bond acceptors (Lipinski definition) is 7. The summed E-state index contributed by atoms with van der Waals surface area (Å²) >= 11 is 6.68. The quantitative estimate of drug-likeness (QED) is 0.175. The average molecular weight is 613 g/mol. The molecule has 0 amide bonds. The van der Waals surface area contributed by atoms with Crippen LogP contribution >= 0.6 is 11.6 Å². The fourth-order valence-electron chi connectivity index (χ4n) is 5.01. The summed E-state index contributed by atoms with van der Waals surface area (Å²) in [5.41, 5.74) is 6.18.